The number of para-hydroxylation sites is 2. The molecule has 0 aliphatic rings. The van der Waals surface area contributed by atoms with Gasteiger partial charge in [0.2, 0.25) is 5.91 Å². The van der Waals surface area contributed by atoms with Crippen LogP contribution in [0.5, 0.6) is 0 Å². The third-order valence-corrected chi connectivity index (χ3v) is 2.16. The van der Waals surface area contributed by atoms with Gasteiger partial charge in [-0.3, -0.25) is 4.79 Å². The van der Waals surface area contributed by atoms with E-state index in [-0.39, 0.29) is 18.0 Å². The molecule has 1 amide bonds. The average molecular weight is 221 g/mol. The summed E-state index contributed by atoms with van der Waals surface area (Å²) in [5.41, 5.74) is 7.21. The van der Waals surface area contributed by atoms with Gasteiger partial charge in [0.25, 0.3) is 0 Å². The molecule has 0 saturated heterocycles. The number of hydrogen-bond acceptors (Lipinski definition) is 3. The molecule has 16 heavy (non-hydrogen) atoms. The standard InChI is InChI=1S/C12H19N3O/c1-8(2)14-12(16)9(3)15-11-7-5-4-6-10(11)13/h4-9,15H,13H2,1-3H3,(H,14,16). The number of nitrogen functional groups attached to an aromatic ring is 1. The summed E-state index contributed by atoms with van der Waals surface area (Å²) in [6, 6.07) is 7.24. The van der Waals surface area contributed by atoms with E-state index in [4.69, 9.17) is 5.73 Å². The summed E-state index contributed by atoms with van der Waals surface area (Å²) in [6.45, 7) is 5.67. The molecule has 1 rings (SSSR count). The van der Waals surface area contributed by atoms with Crippen LogP contribution in [-0.4, -0.2) is 18.0 Å². The maximum absolute atomic E-state index is 11.7. The van der Waals surface area contributed by atoms with Crippen LogP contribution in [0.2, 0.25) is 0 Å². The molecule has 0 aliphatic carbocycles. The van der Waals surface area contributed by atoms with Gasteiger partial charge in [0.15, 0.2) is 0 Å². The van der Waals surface area contributed by atoms with Gasteiger partial charge in [-0.15, -0.1) is 0 Å². The van der Waals surface area contributed by atoms with E-state index in [0.29, 0.717) is 5.69 Å². The van der Waals surface area contributed by atoms with Gasteiger partial charge in [-0.25, -0.2) is 0 Å². The van der Waals surface area contributed by atoms with Crippen molar-refractivity contribution in [3.8, 4) is 0 Å². The van der Waals surface area contributed by atoms with Crippen molar-refractivity contribution < 1.29 is 4.79 Å². The maximum Gasteiger partial charge on any atom is 0.242 e. The monoisotopic (exact) mass is 221 g/mol. The highest BCUT2D eigenvalue weighted by atomic mass is 16.2. The Hall–Kier alpha value is -1.71. The summed E-state index contributed by atoms with van der Waals surface area (Å²) in [7, 11) is 0. The highest BCUT2D eigenvalue weighted by Gasteiger charge is 2.13. The molecule has 1 aromatic rings. The van der Waals surface area contributed by atoms with Crippen LogP contribution < -0.4 is 16.4 Å². The van der Waals surface area contributed by atoms with E-state index in [2.05, 4.69) is 10.6 Å². The number of nitrogens with two attached hydrogens (primary N) is 1. The second-order valence-corrected chi connectivity index (χ2v) is 4.12. The number of nitrogens with one attached hydrogen (secondary N) is 2. The number of hydrogen-bond donors (Lipinski definition) is 3. The largest absolute Gasteiger partial charge is 0.397 e. The zero-order valence-electron chi connectivity index (χ0n) is 9.95. The highest BCUT2D eigenvalue weighted by Crippen LogP contribution is 2.17. The van der Waals surface area contributed by atoms with Crippen LogP contribution in [0.15, 0.2) is 24.3 Å². The van der Waals surface area contributed by atoms with E-state index in [9.17, 15) is 4.79 Å². The topological polar surface area (TPSA) is 67.2 Å². The Balaban J connectivity index is 2.61. The minimum Gasteiger partial charge on any atom is -0.397 e. The van der Waals surface area contributed by atoms with Crippen LogP contribution >= 0.6 is 0 Å². The molecule has 0 saturated carbocycles. The molecule has 0 fully saturated rings. The van der Waals surface area contributed by atoms with E-state index in [1.54, 1.807) is 6.07 Å². The predicted octanol–water partition coefficient (Wildman–Crippen LogP) is 1.59. The quantitative estimate of drug-likeness (QED) is 0.676. The average Bonchev–Trinajstić information content (AvgIpc) is 2.20. The van der Waals surface area contributed by atoms with Gasteiger partial charge in [-0.2, -0.15) is 0 Å². The summed E-state index contributed by atoms with van der Waals surface area (Å²) in [5, 5.41) is 5.92. The van der Waals surface area contributed by atoms with Gasteiger partial charge in [0, 0.05) is 6.04 Å². The molecule has 1 atom stereocenters. The van der Waals surface area contributed by atoms with Crippen molar-refractivity contribution in [3.05, 3.63) is 24.3 Å². The van der Waals surface area contributed by atoms with Crippen molar-refractivity contribution >= 4 is 17.3 Å². The molecule has 0 heterocycles. The first-order valence-corrected chi connectivity index (χ1v) is 5.42. The first kappa shape index (κ1) is 12.4. The van der Waals surface area contributed by atoms with Gasteiger partial charge in [0.05, 0.1) is 11.4 Å². The molecule has 0 radical (unpaired) electrons. The third kappa shape index (κ3) is 3.46. The minimum atomic E-state index is -0.299. The number of benzene rings is 1. The predicted molar refractivity (Wildman–Crippen MR) is 67.2 cm³/mol. The smallest absolute Gasteiger partial charge is 0.242 e. The Labute approximate surface area is 96.2 Å². The van der Waals surface area contributed by atoms with E-state index in [1.807, 2.05) is 39.0 Å². The van der Waals surface area contributed by atoms with E-state index >= 15 is 0 Å². The summed E-state index contributed by atoms with van der Waals surface area (Å²) in [6.07, 6.45) is 0. The molecule has 1 aromatic carbocycles. The Bertz CT molecular complexity index is 363. The van der Waals surface area contributed by atoms with Crippen LogP contribution in [0.4, 0.5) is 11.4 Å². The van der Waals surface area contributed by atoms with Crippen molar-refractivity contribution in [1.29, 1.82) is 0 Å². The number of carbonyl (C=O) groups is 1. The van der Waals surface area contributed by atoms with Crippen molar-refractivity contribution in [1.82, 2.24) is 5.32 Å². The second kappa shape index (κ2) is 5.39. The number of rotatable bonds is 4. The first-order valence-electron chi connectivity index (χ1n) is 5.42. The fraction of sp³-hybridized carbons (Fsp3) is 0.417. The summed E-state index contributed by atoms with van der Waals surface area (Å²) in [5.74, 6) is -0.0294. The zero-order valence-corrected chi connectivity index (χ0v) is 9.95. The molecule has 0 spiro atoms. The molecule has 1 unspecified atom stereocenters. The molecule has 0 aliphatic heterocycles. The SMILES string of the molecule is CC(C)NC(=O)C(C)Nc1ccccc1N. The second-order valence-electron chi connectivity index (χ2n) is 4.12. The Kier molecular flexibility index (Phi) is 4.17. The van der Waals surface area contributed by atoms with Gasteiger partial charge in [0.1, 0.15) is 6.04 Å². The molecule has 88 valence electrons. The van der Waals surface area contributed by atoms with Crippen molar-refractivity contribution in [2.45, 2.75) is 32.9 Å². The Morgan fingerprint density at radius 3 is 2.44 bits per heavy atom. The lowest BCUT2D eigenvalue weighted by Gasteiger charge is -2.17. The first-order chi connectivity index (χ1) is 7.50. The third-order valence-electron chi connectivity index (χ3n) is 2.16. The maximum atomic E-state index is 11.7. The van der Waals surface area contributed by atoms with Gasteiger partial charge in [-0.05, 0) is 32.9 Å². The normalized spacial score (nSPS) is 12.2. The summed E-state index contributed by atoms with van der Waals surface area (Å²) >= 11 is 0. The molecular weight excluding hydrogens is 202 g/mol. The van der Waals surface area contributed by atoms with E-state index in [1.165, 1.54) is 0 Å². The van der Waals surface area contributed by atoms with E-state index < -0.39 is 0 Å². The zero-order chi connectivity index (χ0) is 12.1. The van der Waals surface area contributed by atoms with E-state index in [0.717, 1.165) is 5.69 Å². The molecule has 4 heteroatoms. The van der Waals surface area contributed by atoms with Crippen molar-refractivity contribution in [3.63, 3.8) is 0 Å². The molecule has 4 N–H and O–H groups in total. The van der Waals surface area contributed by atoms with Crippen LogP contribution in [0.25, 0.3) is 0 Å². The lowest BCUT2D eigenvalue weighted by Crippen LogP contribution is -2.41. The van der Waals surface area contributed by atoms with Gasteiger partial charge >= 0.3 is 0 Å². The highest BCUT2D eigenvalue weighted by molar-refractivity contribution is 5.85. The number of amides is 1. The number of carbonyl (C=O) groups excluding carboxylic acids is 1. The Morgan fingerprint density at radius 2 is 1.88 bits per heavy atom. The van der Waals surface area contributed by atoms with Crippen LogP contribution in [0.3, 0.4) is 0 Å². The molecule has 0 bridgehead atoms. The molecule has 0 aromatic heterocycles. The van der Waals surface area contributed by atoms with Crippen LogP contribution in [0, 0.1) is 0 Å². The minimum absolute atomic E-state index is 0.0294. The lowest BCUT2D eigenvalue weighted by atomic mass is 10.2. The van der Waals surface area contributed by atoms with Crippen molar-refractivity contribution in [2.75, 3.05) is 11.1 Å². The summed E-state index contributed by atoms with van der Waals surface area (Å²) < 4.78 is 0. The molecular formula is C12H19N3O. The Morgan fingerprint density at radius 1 is 1.25 bits per heavy atom. The van der Waals surface area contributed by atoms with Crippen LogP contribution in [0.1, 0.15) is 20.8 Å². The van der Waals surface area contributed by atoms with Crippen LogP contribution in [-0.2, 0) is 4.79 Å². The van der Waals surface area contributed by atoms with Gasteiger partial charge in [-0.1, -0.05) is 12.1 Å². The lowest BCUT2D eigenvalue weighted by molar-refractivity contribution is -0.122. The van der Waals surface area contributed by atoms with Crippen molar-refractivity contribution in [2.24, 2.45) is 0 Å². The fourth-order valence-electron chi connectivity index (χ4n) is 1.34. The fourth-order valence-corrected chi connectivity index (χ4v) is 1.34. The number of anilines is 2. The summed E-state index contributed by atoms with van der Waals surface area (Å²) in [4.78, 5) is 11.7. The molecule has 4 nitrogen and oxygen atoms in total. The van der Waals surface area contributed by atoms with Gasteiger partial charge < -0.3 is 16.4 Å².